The fourth-order valence-electron chi connectivity index (χ4n) is 2.04. The molecule has 0 bridgehead atoms. The molecule has 1 aliphatic heterocycles. The van der Waals surface area contributed by atoms with Crippen LogP contribution < -0.4 is 5.73 Å². The molecule has 1 saturated heterocycles. The largest absolute Gasteiger partial charge is 0.341 e. The summed E-state index contributed by atoms with van der Waals surface area (Å²) in [6.07, 6.45) is 7.91. The number of carbonyl (C=O) groups excluding carboxylic acids is 1. The summed E-state index contributed by atoms with van der Waals surface area (Å²) in [5.41, 5.74) is 5.84. The number of amides is 1. The number of hydrogen-bond acceptors (Lipinski definition) is 3. The van der Waals surface area contributed by atoms with Gasteiger partial charge in [0.15, 0.2) is 0 Å². The van der Waals surface area contributed by atoms with Crippen LogP contribution in [-0.2, 0) is 11.3 Å². The van der Waals surface area contributed by atoms with E-state index in [1.54, 1.807) is 12.5 Å². The summed E-state index contributed by atoms with van der Waals surface area (Å²) in [4.78, 5) is 17.7. The summed E-state index contributed by atoms with van der Waals surface area (Å²) in [5.74, 6) is 0.198. The highest BCUT2D eigenvalue weighted by molar-refractivity contribution is 5.76. The van der Waals surface area contributed by atoms with Crippen LogP contribution in [0.2, 0.25) is 0 Å². The van der Waals surface area contributed by atoms with Crippen molar-refractivity contribution in [1.29, 1.82) is 0 Å². The van der Waals surface area contributed by atoms with Gasteiger partial charge in [0.1, 0.15) is 0 Å². The third-order valence-electron chi connectivity index (χ3n) is 2.95. The highest BCUT2D eigenvalue weighted by Crippen LogP contribution is 2.09. The number of nitrogens with zero attached hydrogens (tertiary/aromatic N) is 3. The number of nitrogens with two attached hydrogens (primary N) is 1. The molecule has 0 aromatic carbocycles. The van der Waals surface area contributed by atoms with Crippen molar-refractivity contribution in [1.82, 2.24) is 14.5 Å². The monoisotopic (exact) mass is 222 g/mol. The molecule has 1 aromatic rings. The van der Waals surface area contributed by atoms with E-state index in [0.717, 1.165) is 19.4 Å². The number of imidazole rings is 1. The average molecular weight is 222 g/mol. The first-order valence-corrected chi connectivity index (χ1v) is 5.75. The molecule has 5 heteroatoms. The van der Waals surface area contributed by atoms with Crippen molar-refractivity contribution in [3.05, 3.63) is 18.7 Å². The minimum absolute atomic E-state index is 0.158. The molecule has 1 aromatic heterocycles. The second-order valence-corrected chi connectivity index (χ2v) is 4.29. The third kappa shape index (κ3) is 2.82. The minimum Gasteiger partial charge on any atom is -0.341 e. The lowest BCUT2D eigenvalue weighted by Gasteiger charge is -2.30. The summed E-state index contributed by atoms with van der Waals surface area (Å²) in [5, 5.41) is 0. The minimum atomic E-state index is 0.158. The van der Waals surface area contributed by atoms with Gasteiger partial charge >= 0.3 is 0 Å². The molecule has 0 aliphatic carbocycles. The Bertz CT molecular complexity index is 336. The standard InChI is InChI=1S/C11H18N4O/c12-10-2-1-5-15(8-10)11(16)3-6-14-7-4-13-9-14/h4,7,9-10H,1-3,5-6,8,12H2/t10-/m1/s1. The molecule has 1 fully saturated rings. The first-order valence-electron chi connectivity index (χ1n) is 5.75. The van der Waals surface area contributed by atoms with Gasteiger partial charge in [0, 0.05) is 44.5 Å². The van der Waals surface area contributed by atoms with Crippen LogP contribution in [0.1, 0.15) is 19.3 Å². The Morgan fingerprint density at radius 2 is 2.44 bits per heavy atom. The third-order valence-corrected chi connectivity index (χ3v) is 2.95. The molecule has 2 heterocycles. The van der Waals surface area contributed by atoms with Crippen molar-refractivity contribution in [2.45, 2.75) is 31.8 Å². The van der Waals surface area contributed by atoms with Crippen LogP contribution in [0.3, 0.4) is 0 Å². The van der Waals surface area contributed by atoms with Gasteiger partial charge in [-0.3, -0.25) is 4.79 Å². The molecule has 88 valence electrons. The van der Waals surface area contributed by atoms with Crippen molar-refractivity contribution in [3.63, 3.8) is 0 Å². The molecule has 0 radical (unpaired) electrons. The van der Waals surface area contributed by atoms with Crippen LogP contribution in [0.15, 0.2) is 18.7 Å². The fraction of sp³-hybridized carbons (Fsp3) is 0.636. The molecule has 2 rings (SSSR count). The lowest BCUT2D eigenvalue weighted by atomic mass is 10.1. The molecule has 16 heavy (non-hydrogen) atoms. The molecule has 2 N–H and O–H groups in total. The topological polar surface area (TPSA) is 64.2 Å². The van der Waals surface area contributed by atoms with E-state index in [2.05, 4.69) is 4.98 Å². The van der Waals surface area contributed by atoms with E-state index in [1.165, 1.54) is 0 Å². The van der Waals surface area contributed by atoms with E-state index in [1.807, 2.05) is 15.7 Å². The van der Waals surface area contributed by atoms with E-state index in [0.29, 0.717) is 19.5 Å². The second kappa shape index (κ2) is 5.12. The van der Waals surface area contributed by atoms with Gasteiger partial charge in [-0.25, -0.2) is 4.98 Å². The normalized spacial score (nSPS) is 21.1. The Morgan fingerprint density at radius 1 is 1.56 bits per heavy atom. The highest BCUT2D eigenvalue weighted by Gasteiger charge is 2.20. The van der Waals surface area contributed by atoms with Gasteiger partial charge in [0.2, 0.25) is 5.91 Å². The van der Waals surface area contributed by atoms with Gasteiger partial charge < -0.3 is 15.2 Å². The average Bonchev–Trinajstić information content (AvgIpc) is 2.78. The molecule has 0 saturated carbocycles. The molecule has 5 nitrogen and oxygen atoms in total. The van der Waals surface area contributed by atoms with Crippen molar-refractivity contribution in [2.75, 3.05) is 13.1 Å². The Labute approximate surface area is 95.2 Å². The van der Waals surface area contributed by atoms with Gasteiger partial charge in [0.25, 0.3) is 0 Å². The van der Waals surface area contributed by atoms with E-state index in [9.17, 15) is 4.79 Å². The van der Waals surface area contributed by atoms with Gasteiger partial charge in [-0.15, -0.1) is 0 Å². The molecule has 1 atom stereocenters. The van der Waals surface area contributed by atoms with Gasteiger partial charge in [-0.05, 0) is 12.8 Å². The summed E-state index contributed by atoms with van der Waals surface area (Å²) in [6, 6.07) is 0.158. The molecular weight excluding hydrogens is 204 g/mol. The number of carbonyl (C=O) groups is 1. The number of aromatic nitrogens is 2. The van der Waals surface area contributed by atoms with Gasteiger partial charge in [-0.1, -0.05) is 0 Å². The van der Waals surface area contributed by atoms with E-state index < -0.39 is 0 Å². The van der Waals surface area contributed by atoms with Crippen LogP contribution >= 0.6 is 0 Å². The molecule has 1 aliphatic rings. The maximum atomic E-state index is 11.9. The smallest absolute Gasteiger partial charge is 0.224 e. The zero-order valence-electron chi connectivity index (χ0n) is 9.38. The first kappa shape index (κ1) is 11.1. The van der Waals surface area contributed by atoms with Crippen molar-refractivity contribution in [3.8, 4) is 0 Å². The summed E-state index contributed by atoms with van der Waals surface area (Å²) in [7, 11) is 0. The van der Waals surface area contributed by atoms with Gasteiger partial charge in [0.05, 0.1) is 6.33 Å². The van der Waals surface area contributed by atoms with E-state index in [4.69, 9.17) is 5.73 Å². The van der Waals surface area contributed by atoms with E-state index >= 15 is 0 Å². The number of piperidine rings is 1. The number of aryl methyl sites for hydroxylation is 1. The molecule has 0 unspecified atom stereocenters. The Balaban J connectivity index is 1.79. The van der Waals surface area contributed by atoms with Crippen LogP contribution in [0.4, 0.5) is 0 Å². The highest BCUT2D eigenvalue weighted by atomic mass is 16.2. The quantitative estimate of drug-likeness (QED) is 0.796. The predicted octanol–water partition coefficient (Wildman–Crippen LogP) is 0.223. The molecular formula is C11H18N4O. The number of likely N-dealkylation sites (tertiary alicyclic amines) is 1. The van der Waals surface area contributed by atoms with Gasteiger partial charge in [-0.2, -0.15) is 0 Å². The second-order valence-electron chi connectivity index (χ2n) is 4.29. The zero-order chi connectivity index (χ0) is 11.4. The van der Waals surface area contributed by atoms with Crippen LogP contribution in [0.25, 0.3) is 0 Å². The fourth-order valence-corrected chi connectivity index (χ4v) is 2.04. The summed E-state index contributed by atoms with van der Waals surface area (Å²) in [6.45, 7) is 2.27. The number of rotatable bonds is 3. The Kier molecular flexibility index (Phi) is 3.56. The summed E-state index contributed by atoms with van der Waals surface area (Å²) < 4.78 is 1.92. The Morgan fingerprint density at radius 3 is 3.12 bits per heavy atom. The molecule has 0 spiro atoms. The lowest BCUT2D eigenvalue weighted by molar-refractivity contribution is -0.132. The van der Waals surface area contributed by atoms with Crippen LogP contribution in [0, 0.1) is 0 Å². The summed E-state index contributed by atoms with van der Waals surface area (Å²) >= 11 is 0. The van der Waals surface area contributed by atoms with Crippen LogP contribution in [0.5, 0.6) is 0 Å². The SMILES string of the molecule is N[C@@H]1CCCN(C(=O)CCn2ccnc2)C1. The zero-order valence-corrected chi connectivity index (χ0v) is 9.38. The van der Waals surface area contributed by atoms with E-state index in [-0.39, 0.29) is 11.9 Å². The molecule has 1 amide bonds. The predicted molar refractivity (Wildman–Crippen MR) is 60.6 cm³/mol. The van der Waals surface area contributed by atoms with Crippen molar-refractivity contribution in [2.24, 2.45) is 5.73 Å². The van der Waals surface area contributed by atoms with Crippen molar-refractivity contribution < 1.29 is 4.79 Å². The maximum Gasteiger partial charge on any atom is 0.224 e. The maximum absolute atomic E-state index is 11.9. The lowest BCUT2D eigenvalue weighted by Crippen LogP contribution is -2.45. The first-order chi connectivity index (χ1) is 7.75. The number of hydrogen-bond donors (Lipinski definition) is 1. The van der Waals surface area contributed by atoms with Crippen molar-refractivity contribution >= 4 is 5.91 Å². The van der Waals surface area contributed by atoms with Crippen LogP contribution in [-0.4, -0.2) is 39.5 Å². The Hall–Kier alpha value is -1.36.